The molecule has 0 aliphatic rings. The molecule has 0 spiro atoms. The van der Waals surface area contributed by atoms with Gasteiger partial charge >= 0.3 is 0 Å². The summed E-state index contributed by atoms with van der Waals surface area (Å²) in [7, 11) is 0. The number of imidazole rings is 1. The van der Waals surface area contributed by atoms with Crippen LogP contribution in [0.5, 0.6) is 0 Å². The lowest BCUT2D eigenvalue weighted by Gasteiger charge is -2.05. The molecule has 0 atom stereocenters. The van der Waals surface area contributed by atoms with Crippen molar-refractivity contribution >= 4 is 16.3 Å². The predicted octanol–water partition coefficient (Wildman–Crippen LogP) is 4.34. The van der Waals surface area contributed by atoms with Crippen LogP contribution in [0.1, 0.15) is 18.2 Å². The molecule has 0 saturated heterocycles. The number of hydrogen-bond acceptors (Lipinski definition) is 4. The van der Waals surface area contributed by atoms with Gasteiger partial charge in [-0.15, -0.1) is 11.3 Å². The Hall–Kier alpha value is -2.37. The van der Waals surface area contributed by atoms with Crippen molar-refractivity contribution in [3.63, 3.8) is 0 Å². The zero-order chi connectivity index (χ0) is 15.8. The van der Waals surface area contributed by atoms with Gasteiger partial charge in [-0.25, -0.2) is 4.98 Å². The molecule has 0 fully saturated rings. The van der Waals surface area contributed by atoms with Gasteiger partial charge in [-0.05, 0) is 24.1 Å². The van der Waals surface area contributed by atoms with Crippen molar-refractivity contribution < 1.29 is 4.42 Å². The summed E-state index contributed by atoms with van der Waals surface area (Å²) in [5.74, 6) is 0.830. The number of benzene rings is 1. The number of nitrogens with zero attached hydrogens (tertiary/aromatic N) is 2. The first-order valence-electron chi connectivity index (χ1n) is 7.64. The van der Waals surface area contributed by atoms with E-state index in [1.165, 1.54) is 5.56 Å². The number of furan rings is 1. The molecule has 1 aromatic carbocycles. The third-order valence-electron chi connectivity index (χ3n) is 4.06. The molecule has 4 rings (SSSR count). The molecule has 0 amide bonds. The Morgan fingerprint density at radius 2 is 2.04 bits per heavy atom. The number of rotatable bonds is 4. The van der Waals surface area contributed by atoms with E-state index in [9.17, 15) is 0 Å². The largest absolute Gasteiger partial charge is 0.463 e. The van der Waals surface area contributed by atoms with Gasteiger partial charge in [0, 0.05) is 17.5 Å². The van der Waals surface area contributed by atoms with Gasteiger partial charge < -0.3 is 10.2 Å². The number of thiazole rings is 1. The van der Waals surface area contributed by atoms with Crippen LogP contribution >= 0.6 is 11.3 Å². The smallest absolute Gasteiger partial charge is 0.195 e. The van der Waals surface area contributed by atoms with E-state index in [2.05, 4.69) is 41.0 Å². The fourth-order valence-electron chi connectivity index (χ4n) is 2.83. The Morgan fingerprint density at radius 3 is 2.70 bits per heavy atom. The van der Waals surface area contributed by atoms with Crippen LogP contribution in [0.2, 0.25) is 0 Å². The molecule has 0 radical (unpaired) electrons. The van der Waals surface area contributed by atoms with E-state index in [1.807, 2.05) is 12.1 Å². The minimum Gasteiger partial charge on any atom is -0.463 e. The average Bonchev–Trinajstić information content (AvgIpc) is 3.30. The Bertz CT molecular complexity index is 933. The molecular formula is C18H17N3OS. The minimum atomic E-state index is 0.427. The highest BCUT2D eigenvalue weighted by atomic mass is 32.1. The number of fused-ring (bicyclic) bond motifs is 1. The molecule has 4 aromatic rings. The molecule has 0 unspecified atom stereocenters. The molecule has 0 aliphatic carbocycles. The molecule has 116 valence electrons. The van der Waals surface area contributed by atoms with Crippen molar-refractivity contribution in [3.8, 4) is 22.7 Å². The van der Waals surface area contributed by atoms with E-state index in [4.69, 9.17) is 15.1 Å². The van der Waals surface area contributed by atoms with Crippen LogP contribution < -0.4 is 5.73 Å². The molecule has 3 aromatic heterocycles. The second-order valence-corrected chi connectivity index (χ2v) is 6.21. The Morgan fingerprint density at radius 1 is 1.22 bits per heavy atom. The number of nitrogens with two attached hydrogens (primary N) is 1. The monoisotopic (exact) mass is 323 g/mol. The third kappa shape index (κ3) is 2.29. The summed E-state index contributed by atoms with van der Waals surface area (Å²) in [6.45, 7) is 2.58. The van der Waals surface area contributed by atoms with Gasteiger partial charge in [0.1, 0.15) is 5.69 Å². The fraction of sp³-hybridized carbons (Fsp3) is 0.167. The summed E-state index contributed by atoms with van der Waals surface area (Å²) in [6, 6.07) is 12.4. The maximum Gasteiger partial charge on any atom is 0.195 e. The van der Waals surface area contributed by atoms with Crippen molar-refractivity contribution in [2.24, 2.45) is 5.73 Å². The summed E-state index contributed by atoms with van der Waals surface area (Å²) in [5.41, 5.74) is 11.4. The molecule has 3 heterocycles. The highest BCUT2D eigenvalue weighted by Crippen LogP contribution is 2.33. The number of aromatic nitrogens is 2. The minimum absolute atomic E-state index is 0.427. The average molecular weight is 323 g/mol. The first-order chi connectivity index (χ1) is 11.3. The maximum absolute atomic E-state index is 6.05. The Kier molecular flexibility index (Phi) is 3.52. The second-order valence-electron chi connectivity index (χ2n) is 5.38. The highest BCUT2D eigenvalue weighted by Gasteiger charge is 2.18. The fourth-order valence-corrected chi connectivity index (χ4v) is 3.73. The molecule has 23 heavy (non-hydrogen) atoms. The topological polar surface area (TPSA) is 56.5 Å². The van der Waals surface area contributed by atoms with E-state index in [-0.39, 0.29) is 0 Å². The number of aryl methyl sites for hydroxylation is 1. The van der Waals surface area contributed by atoms with Crippen molar-refractivity contribution in [3.05, 3.63) is 59.3 Å². The molecular weight excluding hydrogens is 306 g/mol. The third-order valence-corrected chi connectivity index (χ3v) is 4.89. The van der Waals surface area contributed by atoms with Crippen molar-refractivity contribution in [2.75, 3.05) is 0 Å². The lowest BCUT2D eigenvalue weighted by molar-refractivity contribution is 0.579. The van der Waals surface area contributed by atoms with Gasteiger partial charge in [0.2, 0.25) is 0 Å². The summed E-state index contributed by atoms with van der Waals surface area (Å²) < 4.78 is 7.65. The van der Waals surface area contributed by atoms with Crippen LogP contribution in [0.4, 0.5) is 0 Å². The van der Waals surface area contributed by atoms with Gasteiger partial charge in [-0.3, -0.25) is 4.40 Å². The normalized spacial score (nSPS) is 11.4. The highest BCUT2D eigenvalue weighted by molar-refractivity contribution is 7.15. The summed E-state index contributed by atoms with van der Waals surface area (Å²) in [4.78, 5) is 5.74. The van der Waals surface area contributed by atoms with Crippen LogP contribution in [-0.2, 0) is 13.0 Å². The van der Waals surface area contributed by atoms with Crippen molar-refractivity contribution in [2.45, 2.75) is 19.9 Å². The van der Waals surface area contributed by atoms with Gasteiger partial charge in [0.15, 0.2) is 10.7 Å². The molecule has 0 saturated carbocycles. The first-order valence-corrected chi connectivity index (χ1v) is 8.52. The predicted molar refractivity (Wildman–Crippen MR) is 93.5 cm³/mol. The van der Waals surface area contributed by atoms with Crippen LogP contribution in [0.3, 0.4) is 0 Å². The Labute approximate surface area is 138 Å². The zero-order valence-electron chi connectivity index (χ0n) is 12.8. The number of hydrogen-bond donors (Lipinski definition) is 1. The van der Waals surface area contributed by atoms with E-state index in [1.54, 1.807) is 17.6 Å². The molecule has 2 N–H and O–H groups in total. The first kappa shape index (κ1) is 14.2. The van der Waals surface area contributed by atoms with Crippen molar-refractivity contribution in [1.82, 2.24) is 9.38 Å². The second kappa shape index (κ2) is 5.68. The maximum atomic E-state index is 6.05. The summed E-state index contributed by atoms with van der Waals surface area (Å²) in [5, 5.41) is 2.06. The molecule has 5 heteroatoms. The Balaban J connectivity index is 1.90. The van der Waals surface area contributed by atoms with E-state index in [0.717, 1.165) is 39.8 Å². The van der Waals surface area contributed by atoms with Crippen LogP contribution in [0.15, 0.2) is 52.5 Å². The van der Waals surface area contributed by atoms with Crippen LogP contribution in [0, 0.1) is 0 Å². The van der Waals surface area contributed by atoms with E-state index >= 15 is 0 Å². The van der Waals surface area contributed by atoms with E-state index in [0.29, 0.717) is 6.54 Å². The van der Waals surface area contributed by atoms with Crippen LogP contribution in [-0.4, -0.2) is 9.38 Å². The summed E-state index contributed by atoms with van der Waals surface area (Å²) >= 11 is 1.60. The SMILES string of the molecule is CCc1ccc(-c2nc3scc(-c4ccco4)n3c2CN)cc1. The summed E-state index contributed by atoms with van der Waals surface area (Å²) in [6.07, 6.45) is 2.72. The van der Waals surface area contributed by atoms with Gasteiger partial charge in [-0.1, -0.05) is 31.2 Å². The van der Waals surface area contributed by atoms with Gasteiger partial charge in [0.05, 0.1) is 17.7 Å². The molecule has 4 nitrogen and oxygen atoms in total. The lowest BCUT2D eigenvalue weighted by Crippen LogP contribution is -2.03. The zero-order valence-corrected chi connectivity index (χ0v) is 13.6. The van der Waals surface area contributed by atoms with Gasteiger partial charge in [0.25, 0.3) is 0 Å². The molecule has 0 aliphatic heterocycles. The standard InChI is InChI=1S/C18H17N3OS/c1-2-12-5-7-13(8-6-12)17-14(10-19)21-15(11-23-18(21)20-17)16-4-3-9-22-16/h3-9,11H,2,10,19H2,1H3. The van der Waals surface area contributed by atoms with Crippen LogP contribution in [0.25, 0.3) is 27.7 Å². The van der Waals surface area contributed by atoms with Crippen molar-refractivity contribution in [1.29, 1.82) is 0 Å². The quantitative estimate of drug-likeness (QED) is 0.607. The van der Waals surface area contributed by atoms with E-state index < -0.39 is 0 Å². The molecule has 0 bridgehead atoms. The lowest BCUT2D eigenvalue weighted by atomic mass is 10.1. The van der Waals surface area contributed by atoms with Gasteiger partial charge in [-0.2, -0.15) is 0 Å².